The van der Waals surface area contributed by atoms with Crippen LogP contribution in [-0.2, 0) is 6.18 Å². The van der Waals surface area contributed by atoms with Gasteiger partial charge in [-0.15, -0.1) is 0 Å². The average Bonchev–Trinajstić information content (AvgIpc) is 2.40. The predicted octanol–water partition coefficient (Wildman–Crippen LogP) is 4.80. The zero-order chi connectivity index (χ0) is 15.6. The molecule has 2 aromatic carbocycles. The minimum Gasteiger partial charge on any atom is -0.478 e. The Morgan fingerprint density at radius 2 is 1.71 bits per heavy atom. The van der Waals surface area contributed by atoms with Crippen molar-refractivity contribution in [3.63, 3.8) is 0 Å². The molecule has 0 spiro atoms. The van der Waals surface area contributed by atoms with Gasteiger partial charge in [0.15, 0.2) is 0 Å². The van der Waals surface area contributed by atoms with Crippen molar-refractivity contribution in [1.82, 2.24) is 0 Å². The van der Waals surface area contributed by atoms with E-state index in [2.05, 4.69) is 0 Å². The Labute approximate surface area is 131 Å². The Kier molecular flexibility index (Phi) is 4.40. The molecule has 3 nitrogen and oxygen atoms in total. The van der Waals surface area contributed by atoms with Crippen LogP contribution in [0.25, 0.3) is 0 Å². The number of hydrogen-bond donors (Lipinski definition) is 1. The Morgan fingerprint density at radius 1 is 1.10 bits per heavy atom. The van der Waals surface area contributed by atoms with Crippen LogP contribution in [0.5, 0.6) is 11.5 Å². The second-order valence-electron chi connectivity index (χ2n) is 4.07. The van der Waals surface area contributed by atoms with Crippen LogP contribution in [-0.4, -0.2) is 11.1 Å². The zero-order valence-electron chi connectivity index (χ0n) is 10.3. The van der Waals surface area contributed by atoms with Gasteiger partial charge >= 0.3 is 12.1 Å². The lowest BCUT2D eigenvalue weighted by Gasteiger charge is -2.10. The number of carbonyl (C=O) groups is 1. The molecule has 0 aliphatic heterocycles. The first kappa shape index (κ1) is 15.6. The van der Waals surface area contributed by atoms with Crippen LogP contribution in [0, 0.1) is 3.57 Å². The molecule has 0 aliphatic carbocycles. The molecule has 0 atom stereocenters. The highest BCUT2D eigenvalue weighted by molar-refractivity contribution is 14.1. The molecule has 0 amide bonds. The van der Waals surface area contributed by atoms with Crippen molar-refractivity contribution in [1.29, 1.82) is 0 Å². The van der Waals surface area contributed by atoms with E-state index in [1.165, 1.54) is 24.3 Å². The molecular formula is C14H8F3IO3. The van der Waals surface area contributed by atoms with Crippen LogP contribution in [0.3, 0.4) is 0 Å². The molecule has 0 fully saturated rings. The van der Waals surface area contributed by atoms with E-state index in [-0.39, 0.29) is 17.1 Å². The zero-order valence-corrected chi connectivity index (χ0v) is 12.5. The number of hydrogen-bond acceptors (Lipinski definition) is 2. The van der Waals surface area contributed by atoms with Crippen molar-refractivity contribution < 1.29 is 27.8 Å². The lowest BCUT2D eigenvalue weighted by molar-refractivity contribution is -0.137. The molecule has 2 rings (SSSR count). The normalized spacial score (nSPS) is 11.2. The van der Waals surface area contributed by atoms with Crippen LogP contribution in [0.1, 0.15) is 15.9 Å². The fourth-order valence-electron chi connectivity index (χ4n) is 1.55. The number of aromatic carboxylic acids is 1. The summed E-state index contributed by atoms with van der Waals surface area (Å²) in [5.41, 5.74) is -0.735. The average molecular weight is 408 g/mol. The van der Waals surface area contributed by atoms with Gasteiger partial charge in [-0.3, -0.25) is 0 Å². The van der Waals surface area contributed by atoms with Crippen LogP contribution in [0.15, 0.2) is 42.5 Å². The highest BCUT2D eigenvalue weighted by Crippen LogP contribution is 2.32. The summed E-state index contributed by atoms with van der Waals surface area (Å²) in [6.07, 6.45) is -4.41. The van der Waals surface area contributed by atoms with E-state index in [0.29, 0.717) is 3.57 Å². The summed E-state index contributed by atoms with van der Waals surface area (Å²) in [5, 5.41) is 8.91. The summed E-state index contributed by atoms with van der Waals surface area (Å²) in [5.74, 6) is -0.637. The van der Waals surface area contributed by atoms with Crippen molar-refractivity contribution >= 4 is 28.6 Å². The van der Waals surface area contributed by atoms with Gasteiger partial charge in [-0.25, -0.2) is 4.79 Å². The summed E-state index contributed by atoms with van der Waals surface area (Å²) in [6, 6.07) is 8.49. The first-order chi connectivity index (χ1) is 9.77. The molecular weight excluding hydrogens is 400 g/mol. The Morgan fingerprint density at radius 3 is 2.24 bits per heavy atom. The minimum atomic E-state index is -4.41. The summed E-state index contributed by atoms with van der Waals surface area (Å²) >= 11 is 1.95. The molecule has 0 radical (unpaired) electrons. The monoisotopic (exact) mass is 408 g/mol. The topological polar surface area (TPSA) is 46.5 Å². The molecule has 0 saturated heterocycles. The first-order valence-corrected chi connectivity index (χ1v) is 6.73. The number of rotatable bonds is 3. The second-order valence-corrected chi connectivity index (χ2v) is 5.24. The standard InChI is InChI=1S/C14H8F3IO3/c15-14(16,17)9-2-4-10(5-3-9)21-12-7-8(13(19)20)1-6-11(12)18/h1-7H,(H,19,20). The predicted molar refractivity (Wildman–Crippen MR) is 77.6 cm³/mol. The molecule has 7 heteroatoms. The fraction of sp³-hybridized carbons (Fsp3) is 0.0714. The molecule has 0 saturated carbocycles. The summed E-state index contributed by atoms with van der Waals surface area (Å²) < 4.78 is 43.4. The van der Waals surface area contributed by atoms with Gasteiger partial charge in [-0.2, -0.15) is 13.2 Å². The maximum atomic E-state index is 12.4. The van der Waals surface area contributed by atoms with Crippen molar-refractivity contribution in [3.05, 3.63) is 57.2 Å². The van der Waals surface area contributed by atoms with Crippen LogP contribution < -0.4 is 4.74 Å². The number of carboxylic acids is 1. The van der Waals surface area contributed by atoms with Crippen LogP contribution in [0.2, 0.25) is 0 Å². The molecule has 2 aromatic rings. The molecule has 0 unspecified atom stereocenters. The number of carboxylic acid groups (broad SMARTS) is 1. The van der Waals surface area contributed by atoms with Crippen molar-refractivity contribution in [3.8, 4) is 11.5 Å². The second kappa shape index (κ2) is 5.92. The van der Waals surface area contributed by atoms with E-state index in [9.17, 15) is 18.0 Å². The summed E-state index contributed by atoms with van der Waals surface area (Å²) in [6.45, 7) is 0. The van der Waals surface area contributed by atoms with Gasteiger partial charge < -0.3 is 9.84 Å². The molecule has 0 aromatic heterocycles. The van der Waals surface area contributed by atoms with E-state index in [1.807, 2.05) is 22.6 Å². The van der Waals surface area contributed by atoms with Gasteiger partial charge in [-0.1, -0.05) is 0 Å². The van der Waals surface area contributed by atoms with E-state index < -0.39 is 17.7 Å². The molecule has 0 aliphatic rings. The van der Waals surface area contributed by atoms with E-state index >= 15 is 0 Å². The number of ether oxygens (including phenoxy) is 1. The minimum absolute atomic E-state index is 0.0392. The summed E-state index contributed by atoms with van der Waals surface area (Å²) in [4.78, 5) is 10.9. The molecule has 0 heterocycles. The largest absolute Gasteiger partial charge is 0.478 e. The number of halogens is 4. The summed E-state index contributed by atoms with van der Waals surface area (Å²) in [7, 11) is 0. The van der Waals surface area contributed by atoms with Crippen molar-refractivity contribution in [2.45, 2.75) is 6.18 Å². The van der Waals surface area contributed by atoms with Crippen molar-refractivity contribution in [2.75, 3.05) is 0 Å². The van der Waals surface area contributed by atoms with Gasteiger partial charge in [0.05, 0.1) is 14.7 Å². The van der Waals surface area contributed by atoms with E-state index in [4.69, 9.17) is 9.84 Å². The third kappa shape index (κ3) is 3.87. The highest BCUT2D eigenvalue weighted by Gasteiger charge is 2.30. The SMILES string of the molecule is O=C(O)c1ccc(I)c(Oc2ccc(C(F)(F)F)cc2)c1. The maximum absolute atomic E-state index is 12.4. The van der Waals surface area contributed by atoms with Gasteiger partial charge in [-0.05, 0) is 65.1 Å². The molecule has 21 heavy (non-hydrogen) atoms. The fourth-order valence-corrected chi connectivity index (χ4v) is 2.00. The highest BCUT2D eigenvalue weighted by atomic mass is 127. The maximum Gasteiger partial charge on any atom is 0.416 e. The lowest BCUT2D eigenvalue weighted by Crippen LogP contribution is -2.04. The Bertz CT molecular complexity index is 666. The van der Waals surface area contributed by atoms with Gasteiger partial charge in [0.1, 0.15) is 11.5 Å². The molecule has 110 valence electrons. The van der Waals surface area contributed by atoms with Crippen LogP contribution in [0.4, 0.5) is 13.2 Å². The van der Waals surface area contributed by atoms with Crippen molar-refractivity contribution in [2.24, 2.45) is 0 Å². The Balaban J connectivity index is 2.26. The lowest BCUT2D eigenvalue weighted by atomic mass is 10.2. The van der Waals surface area contributed by atoms with E-state index in [0.717, 1.165) is 12.1 Å². The Hall–Kier alpha value is -1.77. The molecule has 1 N–H and O–H groups in total. The van der Waals surface area contributed by atoms with Gasteiger partial charge in [0.2, 0.25) is 0 Å². The third-order valence-corrected chi connectivity index (χ3v) is 3.48. The quantitative estimate of drug-likeness (QED) is 0.743. The van der Waals surface area contributed by atoms with E-state index in [1.54, 1.807) is 6.07 Å². The van der Waals surface area contributed by atoms with Gasteiger partial charge in [0.25, 0.3) is 0 Å². The smallest absolute Gasteiger partial charge is 0.416 e. The molecule has 0 bridgehead atoms. The van der Waals surface area contributed by atoms with Crippen LogP contribution >= 0.6 is 22.6 Å². The number of alkyl halides is 3. The third-order valence-electron chi connectivity index (χ3n) is 2.59. The number of benzene rings is 2. The van der Waals surface area contributed by atoms with Gasteiger partial charge in [0, 0.05) is 0 Å². The first-order valence-electron chi connectivity index (χ1n) is 5.65.